The van der Waals surface area contributed by atoms with Gasteiger partial charge in [0.1, 0.15) is 5.75 Å². The number of benzene rings is 3. The van der Waals surface area contributed by atoms with E-state index in [-0.39, 0.29) is 11.4 Å². The number of ether oxygens (including phenoxy) is 1. The number of rotatable bonds is 5. The van der Waals surface area contributed by atoms with E-state index < -0.39 is 0 Å². The first-order valence-electron chi connectivity index (χ1n) is 9.80. The van der Waals surface area contributed by atoms with Crippen molar-refractivity contribution in [3.8, 4) is 17.3 Å². The number of hydrogen-bond acceptors (Lipinski definition) is 4. The number of aromatic nitrogens is 1. The number of para-hydroxylation sites is 1. The number of aryl methyl sites for hydroxylation is 1. The summed E-state index contributed by atoms with van der Waals surface area (Å²) in [5.74, 6) is 0.639. The summed E-state index contributed by atoms with van der Waals surface area (Å²) >= 11 is 0. The predicted octanol–water partition coefficient (Wildman–Crippen LogP) is 5.15. The van der Waals surface area contributed by atoms with E-state index in [0.717, 1.165) is 17.0 Å². The van der Waals surface area contributed by atoms with Gasteiger partial charge in [-0.2, -0.15) is 0 Å². The highest BCUT2D eigenvalue weighted by molar-refractivity contribution is 6.02. The van der Waals surface area contributed by atoms with Crippen molar-refractivity contribution in [2.24, 2.45) is 4.99 Å². The summed E-state index contributed by atoms with van der Waals surface area (Å²) in [7, 11) is 0. The minimum Gasteiger partial charge on any atom is -0.494 e. The summed E-state index contributed by atoms with van der Waals surface area (Å²) in [5.41, 5.74) is 2.47. The lowest BCUT2D eigenvalue weighted by Crippen LogP contribution is -2.20. The first-order valence-corrected chi connectivity index (χ1v) is 9.80. The van der Waals surface area contributed by atoms with Crippen LogP contribution in [0.15, 0.2) is 82.6 Å². The van der Waals surface area contributed by atoms with Crippen LogP contribution in [0.2, 0.25) is 0 Å². The van der Waals surface area contributed by atoms with Gasteiger partial charge in [0.2, 0.25) is 5.88 Å². The molecule has 0 aliphatic rings. The second-order valence-corrected chi connectivity index (χ2v) is 6.90. The maximum atomic E-state index is 13.2. The molecule has 1 heterocycles. The second kappa shape index (κ2) is 8.25. The number of nitrogens with zero attached hydrogens (tertiary/aromatic N) is 2. The molecule has 0 radical (unpaired) electrons. The quantitative estimate of drug-likeness (QED) is 0.473. The summed E-state index contributed by atoms with van der Waals surface area (Å²) in [4.78, 5) is 17.7. The first kappa shape index (κ1) is 19.5. The molecular weight excluding hydrogens is 376 g/mol. The SMILES string of the molecule is CCOc1ccc(N=Cc2c(O)n(-c3ccccc3C)c(=O)c3ccccc23)cc1. The summed E-state index contributed by atoms with van der Waals surface area (Å²) < 4.78 is 6.80. The number of aromatic hydroxyl groups is 1. The van der Waals surface area contributed by atoms with Crippen LogP contribution in [0.3, 0.4) is 0 Å². The summed E-state index contributed by atoms with van der Waals surface area (Å²) in [5, 5.41) is 12.3. The lowest BCUT2D eigenvalue weighted by atomic mass is 10.1. The Labute approximate surface area is 174 Å². The van der Waals surface area contributed by atoms with Crippen LogP contribution in [-0.4, -0.2) is 22.5 Å². The molecule has 5 nitrogen and oxygen atoms in total. The topological polar surface area (TPSA) is 63.8 Å². The summed E-state index contributed by atoms with van der Waals surface area (Å²) in [6.45, 7) is 4.44. The van der Waals surface area contributed by atoms with Crippen molar-refractivity contribution in [1.29, 1.82) is 0 Å². The maximum absolute atomic E-state index is 13.2. The second-order valence-electron chi connectivity index (χ2n) is 6.90. The molecule has 0 aliphatic heterocycles. The molecule has 3 aromatic carbocycles. The van der Waals surface area contributed by atoms with Gasteiger partial charge in [-0.15, -0.1) is 0 Å². The highest BCUT2D eigenvalue weighted by Crippen LogP contribution is 2.28. The third-order valence-electron chi connectivity index (χ3n) is 4.95. The maximum Gasteiger partial charge on any atom is 0.265 e. The van der Waals surface area contributed by atoms with Crippen molar-refractivity contribution in [1.82, 2.24) is 4.57 Å². The predicted molar refractivity (Wildman–Crippen MR) is 121 cm³/mol. The smallest absolute Gasteiger partial charge is 0.265 e. The Bertz CT molecular complexity index is 1290. The third kappa shape index (κ3) is 3.57. The Kier molecular flexibility index (Phi) is 5.35. The fourth-order valence-corrected chi connectivity index (χ4v) is 3.46. The van der Waals surface area contributed by atoms with Crippen molar-refractivity contribution in [2.75, 3.05) is 6.61 Å². The molecule has 0 saturated heterocycles. The Morgan fingerprint density at radius 2 is 1.63 bits per heavy atom. The number of fused-ring (bicyclic) bond motifs is 1. The van der Waals surface area contributed by atoms with Gasteiger partial charge in [-0.1, -0.05) is 36.4 Å². The van der Waals surface area contributed by atoms with Gasteiger partial charge in [0.15, 0.2) is 0 Å². The Morgan fingerprint density at radius 1 is 0.967 bits per heavy atom. The molecule has 0 unspecified atom stereocenters. The zero-order chi connectivity index (χ0) is 21.1. The molecule has 0 saturated carbocycles. The molecule has 150 valence electrons. The van der Waals surface area contributed by atoms with Gasteiger partial charge in [0.05, 0.1) is 23.5 Å². The fourth-order valence-electron chi connectivity index (χ4n) is 3.46. The molecule has 5 heteroatoms. The van der Waals surface area contributed by atoms with Crippen LogP contribution in [0.1, 0.15) is 18.1 Å². The molecule has 0 amide bonds. The van der Waals surface area contributed by atoms with Gasteiger partial charge < -0.3 is 9.84 Å². The van der Waals surface area contributed by atoms with Crippen LogP contribution >= 0.6 is 0 Å². The molecule has 0 fully saturated rings. The van der Waals surface area contributed by atoms with Gasteiger partial charge in [-0.25, -0.2) is 4.57 Å². The van der Waals surface area contributed by atoms with Gasteiger partial charge >= 0.3 is 0 Å². The molecular formula is C25H22N2O3. The van der Waals surface area contributed by atoms with E-state index >= 15 is 0 Å². The average molecular weight is 398 g/mol. The Morgan fingerprint density at radius 3 is 2.33 bits per heavy atom. The highest BCUT2D eigenvalue weighted by atomic mass is 16.5. The first-order chi connectivity index (χ1) is 14.6. The zero-order valence-corrected chi connectivity index (χ0v) is 16.9. The largest absolute Gasteiger partial charge is 0.494 e. The van der Waals surface area contributed by atoms with Crippen LogP contribution < -0.4 is 10.3 Å². The fraction of sp³-hybridized carbons (Fsp3) is 0.120. The number of hydrogen-bond donors (Lipinski definition) is 1. The van der Waals surface area contributed by atoms with Crippen LogP contribution in [0.5, 0.6) is 11.6 Å². The van der Waals surface area contributed by atoms with Gasteiger partial charge in [-0.05, 0) is 55.8 Å². The average Bonchev–Trinajstić information content (AvgIpc) is 2.76. The van der Waals surface area contributed by atoms with Crippen LogP contribution in [-0.2, 0) is 0 Å². The van der Waals surface area contributed by atoms with Gasteiger partial charge in [0.25, 0.3) is 5.56 Å². The van der Waals surface area contributed by atoms with E-state index in [1.54, 1.807) is 12.3 Å². The molecule has 0 bridgehead atoms. The monoisotopic (exact) mass is 398 g/mol. The normalized spacial score (nSPS) is 11.3. The lowest BCUT2D eigenvalue weighted by molar-refractivity contribution is 0.340. The van der Waals surface area contributed by atoms with Gasteiger partial charge in [0, 0.05) is 17.0 Å². The van der Waals surface area contributed by atoms with E-state index in [2.05, 4.69) is 4.99 Å². The van der Waals surface area contributed by atoms with Crippen molar-refractivity contribution < 1.29 is 9.84 Å². The molecule has 1 aromatic heterocycles. The van der Waals surface area contributed by atoms with Crippen molar-refractivity contribution in [3.05, 3.63) is 94.3 Å². The minimum atomic E-state index is -0.268. The zero-order valence-electron chi connectivity index (χ0n) is 16.9. The van der Waals surface area contributed by atoms with E-state index in [1.807, 2.05) is 80.6 Å². The summed E-state index contributed by atoms with van der Waals surface area (Å²) in [6, 6.07) is 22.1. The highest BCUT2D eigenvalue weighted by Gasteiger charge is 2.17. The minimum absolute atomic E-state index is 0.136. The Hall–Kier alpha value is -3.86. The van der Waals surface area contributed by atoms with E-state index in [4.69, 9.17) is 4.74 Å². The van der Waals surface area contributed by atoms with Crippen LogP contribution in [0.4, 0.5) is 5.69 Å². The van der Waals surface area contributed by atoms with Crippen molar-refractivity contribution in [3.63, 3.8) is 0 Å². The lowest BCUT2D eigenvalue weighted by Gasteiger charge is -2.15. The molecule has 1 N–H and O–H groups in total. The number of pyridine rings is 1. The summed E-state index contributed by atoms with van der Waals surface area (Å²) in [6.07, 6.45) is 1.60. The van der Waals surface area contributed by atoms with E-state index in [1.165, 1.54) is 4.57 Å². The molecule has 4 aromatic rings. The van der Waals surface area contributed by atoms with Crippen LogP contribution in [0, 0.1) is 6.92 Å². The molecule has 30 heavy (non-hydrogen) atoms. The molecule has 0 atom stereocenters. The third-order valence-corrected chi connectivity index (χ3v) is 4.95. The van der Waals surface area contributed by atoms with Crippen LogP contribution in [0.25, 0.3) is 16.5 Å². The molecule has 0 spiro atoms. The van der Waals surface area contributed by atoms with Gasteiger partial charge in [-0.3, -0.25) is 9.79 Å². The van der Waals surface area contributed by atoms with Crippen molar-refractivity contribution >= 4 is 22.7 Å². The standard InChI is InChI=1S/C25H22N2O3/c1-3-30-19-14-12-18(13-15-19)26-16-22-20-9-5-6-10-21(20)24(28)27(25(22)29)23-11-7-4-8-17(23)2/h4-16,29H,3H2,1-2H3. The van der Waals surface area contributed by atoms with E-state index in [0.29, 0.717) is 28.6 Å². The molecule has 0 aliphatic carbocycles. The Balaban J connectivity index is 1.89. The molecule has 4 rings (SSSR count). The van der Waals surface area contributed by atoms with E-state index in [9.17, 15) is 9.90 Å². The number of aliphatic imine (C=N–C) groups is 1. The van der Waals surface area contributed by atoms with Crippen molar-refractivity contribution in [2.45, 2.75) is 13.8 Å².